The van der Waals surface area contributed by atoms with Crippen LogP contribution in [0.2, 0.25) is 0 Å². The third-order valence-corrected chi connectivity index (χ3v) is 13.9. The Labute approximate surface area is 420 Å². The number of fused-ring (bicyclic) bond motifs is 1. The van der Waals surface area contributed by atoms with Gasteiger partial charge in [0.25, 0.3) is 0 Å². The molecule has 3 N–H and O–H groups in total. The molecule has 0 radical (unpaired) electrons. The first kappa shape index (κ1) is 55.0. The molecule has 72 heavy (non-hydrogen) atoms. The highest BCUT2D eigenvalue weighted by Gasteiger charge is 2.58. The Kier molecular flexibility index (Phi) is 18.3. The molecule has 1 aromatic carbocycles. The molecule has 390 valence electrons. The molecule has 2 amide bonds. The van der Waals surface area contributed by atoms with Crippen LogP contribution in [0.3, 0.4) is 0 Å². The molecule has 3 saturated heterocycles. The highest BCUT2D eigenvalue weighted by atomic mass is 16.7. The van der Waals surface area contributed by atoms with Gasteiger partial charge in [-0.25, -0.2) is 24.4 Å². The summed E-state index contributed by atoms with van der Waals surface area (Å²) in [6, 6.07) is 11.0. The number of aliphatic hydroxyl groups excluding tert-OH is 1. The number of Topliss-reactive ketones (excluding diaryl/α,β-unsaturated/α-hetero) is 1. The van der Waals surface area contributed by atoms with Gasteiger partial charge in [-0.05, 0) is 84.8 Å². The average Bonchev–Trinajstić information content (AvgIpc) is 3.68. The quantitative estimate of drug-likeness (QED) is 0.0826. The van der Waals surface area contributed by atoms with Crippen LogP contribution >= 0.6 is 0 Å². The number of hydrogen-bond acceptors (Lipinski definition) is 18. The normalized spacial score (nSPS) is 32.7. The highest BCUT2D eigenvalue weighted by Crippen LogP contribution is 2.42. The Morgan fingerprint density at radius 2 is 1.71 bits per heavy atom. The summed E-state index contributed by atoms with van der Waals surface area (Å²) in [5.41, 5.74) is -1.74. The van der Waals surface area contributed by atoms with Gasteiger partial charge in [0.1, 0.15) is 42.9 Å². The van der Waals surface area contributed by atoms with Gasteiger partial charge in [0.15, 0.2) is 23.4 Å². The number of alkyl carbamates (subject to hydrolysis) is 2. The van der Waals surface area contributed by atoms with Crippen LogP contribution < -0.4 is 10.6 Å². The van der Waals surface area contributed by atoms with Gasteiger partial charge in [0.05, 0.1) is 18.1 Å². The third-order valence-electron chi connectivity index (χ3n) is 13.9. The van der Waals surface area contributed by atoms with Crippen LogP contribution in [0, 0.1) is 23.7 Å². The molecule has 5 heterocycles. The summed E-state index contributed by atoms with van der Waals surface area (Å²) in [6.07, 6.45) is 1.47. The molecular weight excluding hydrogens is 931 g/mol. The number of oxime groups is 1. The fourth-order valence-corrected chi connectivity index (χ4v) is 10.2. The van der Waals surface area contributed by atoms with E-state index < -0.39 is 108 Å². The number of ketones is 1. The van der Waals surface area contributed by atoms with Gasteiger partial charge in [0, 0.05) is 66.3 Å². The number of pyridine rings is 1. The Bertz CT molecular complexity index is 2410. The van der Waals surface area contributed by atoms with E-state index in [1.165, 1.54) is 26.4 Å². The van der Waals surface area contributed by atoms with Crippen LogP contribution in [0.15, 0.2) is 78.5 Å². The van der Waals surface area contributed by atoms with Gasteiger partial charge < -0.3 is 53.9 Å². The van der Waals surface area contributed by atoms with Crippen molar-refractivity contribution in [1.82, 2.24) is 30.5 Å². The number of aliphatic hydroxyl groups is 1. The van der Waals surface area contributed by atoms with Crippen LogP contribution in [-0.4, -0.2) is 148 Å². The van der Waals surface area contributed by atoms with E-state index in [0.29, 0.717) is 12.2 Å². The van der Waals surface area contributed by atoms with E-state index in [1.807, 2.05) is 56.3 Å². The van der Waals surface area contributed by atoms with E-state index in [0.717, 1.165) is 11.1 Å². The minimum absolute atomic E-state index is 0.00909. The summed E-state index contributed by atoms with van der Waals surface area (Å²) >= 11 is 0. The summed E-state index contributed by atoms with van der Waals surface area (Å²) in [7, 11) is 4.89. The van der Waals surface area contributed by atoms with Crippen LogP contribution in [-0.2, 0) is 47.6 Å². The molecule has 20 heteroatoms. The number of nitrogens with zero attached hydrogens (tertiary/aromatic N) is 5. The number of rotatable bonds is 13. The number of cyclic esters (lactones) is 1. The van der Waals surface area contributed by atoms with E-state index in [2.05, 4.69) is 30.7 Å². The molecule has 2 aromatic heterocycles. The zero-order valence-corrected chi connectivity index (χ0v) is 42.8. The molecule has 3 fully saturated rings. The van der Waals surface area contributed by atoms with Crippen molar-refractivity contribution in [2.24, 2.45) is 28.8 Å². The Hall–Kier alpha value is -6.35. The highest BCUT2D eigenvalue weighted by molar-refractivity contribution is 6.43. The average molecular weight is 1000 g/mol. The maximum Gasteiger partial charge on any atom is 0.408 e. The van der Waals surface area contributed by atoms with Crippen molar-refractivity contribution in [3.63, 3.8) is 0 Å². The standard InChI is InChI=1S/C52H69N7O13/c1-12-38-52(8)43(57-50(65)72-52)31(4)40(60)29(2)27-51(7,71-49(64)56-23-13-16-34-18-20-35(21-19-34)45-54-24-15-25-55-45)44(70-48-41(61)37(59(9)10)26-30(3)67-48)32(5)42(33(6)46(62)68-38)69-47(63)39(58-66-11)36-17-14-22-53-28-36/h13-22,24-25,28-33,37-38,41-44,48,61H,12,23,26-27H2,1-11H3,(H,56,64)(H,57,65)/t29-,30-,31+,32+,33-,37+,38-,41-,42+,43-,44-,48+,51-,52-/m1/s1. The Morgan fingerprint density at radius 1 is 1.00 bits per heavy atom. The van der Waals surface area contributed by atoms with Crippen LogP contribution in [0.4, 0.5) is 9.59 Å². The number of carbonyl (C=O) groups is 5. The Balaban J connectivity index is 1.44. The van der Waals surface area contributed by atoms with Crippen molar-refractivity contribution in [2.75, 3.05) is 27.7 Å². The maximum atomic E-state index is 14.8. The Morgan fingerprint density at radius 3 is 2.35 bits per heavy atom. The first-order valence-corrected chi connectivity index (χ1v) is 24.3. The predicted octanol–water partition coefficient (Wildman–Crippen LogP) is 5.52. The molecule has 0 saturated carbocycles. The maximum absolute atomic E-state index is 14.8. The van der Waals surface area contributed by atoms with Crippen molar-refractivity contribution < 1.29 is 62.3 Å². The number of carbonyl (C=O) groups excluding carboxylic acids is 5. The van der Waals surface area contributed by atoms with Gasteiger partial charge in [-0.2, -0.15) is 0 Å². The summed E-state index contributed by atoms with van der Waals surface area (Å²) in [6.45, 7) is 13.3. The van der Waals surface area contributed by atoms with Gasteiger partial charge >= 0.3 is 24.1 Å². The fraction of sp³-hybridized carbons (Fsp3) is 0.558. The minimum atomic E-state index is -1.84. The van der Waals surface area contributed by atoms with Crippen molar-refractivity contribution >= 4 is 41.7 Å². The van der Waals surface area contributed by atoms with E-state index in [4.69, 9.17) is 33.3 Å². The zero-order chi connectivity index (χ0) is 52.5. The van der Waals surface area contributed by atoms with Crippen molar-refractivity contribution in [3.05, 3.63) is 84.5 Å². The van der Waals surface area contributed by atoms with Crippen molar-refractivity contribution in [2.45, 2.75) is 135 Å². The number of likely N-dealkylation sites (N-methyl/N-ethyl adjacent to an activating group) is 1. The lowest BCUT2D eigenvalue weighted by Gasteiger charge is -2.48. The number of amides is 2. The van der Waals surface area contributed by atoms with E-state index >= 15 is 0 Å². The van der Waals surface area contributed by atoms with Crippen LogP contribution in [0.1, 0.15) is 85.8 Å². The monoisotopic (exact) mass is 999 g/mol. The second kappa shape index (κ2) is 23.9. The molecule has 6 rings (SSSR count). The molecule has 0 aliphatic carbocycles. The van der Waals surface area contributed by atoms with Gasteiger partial charge in [-0.15, -0.1) is 0 Å². The predicted molar refractivity (Wildman–Crippen MR) is 263 cm³/mol. The smallest absolute Gasteiger partial charge is 0.408 e. The SMILES string of the molecule is CC[C@H]1OC(=O)[C@H](C)[C@@H](OC(=O)C(=NOC)c2cccnc2)[C@H](C)[C@@H](O[C@@H]2O[C@H](C)C[C@H](N(C)C)[C@H]2O)[C@](C)(OC(=O)NCC=Cc2ccc(-c3ncccn3)cc2)C[C@@H](C)C(=O)[C@H](C)[C@H]2NC(=O)O[C@@]21C. The number of ether oxygens (including phenoxy) is 6. The van der Waals surface area contributed by atoms with Crippen molar-refractivity contribution in [3.8, 4) is 11.4 Å². The van der Waals surface area contributed by atoms with E-state index in [-0.39, 0.29) is 36.4 Å². The first-order chi connectivity index (χ1) is 34.2. The summed E-state index contributed by atoms with van der Waals surface area (Å²) < 4.78 is 38.2. The summed E-state index contributed by atoms with van der Waals surface area (Å²) in [4.78, 5) is 91.0. The van der Waals surface area contributed by atoms with Crippen LogP contribution in [0.5, 0.6) is 0 Å². The number of hydrogen-bond donors (Lipinski definition) is 3. The lowest BCUT2D eigenvalue weighted by molar-refractivity contribution is -0.298. The largest absolute Gasteiger partial charge is 0.458 e. The first-order valence-electron chi connectivity index (χ1n) is 24.3. The molecule has 20 nitrogen and oxygen atoms in total. The van der Waals surface area contributed by atoms with Gasteiger partial charge in [-0.1, -0.05) is 69.3 Å². The fourth-order valence-electron chi connectivity index (χ4n) is 10.2. The van der Waals surface area contributed by atoms with Gasteiger partial charge in [-0.3, -0.25) is 14.6 Å². The van der Waals surface area contributed by atoms with Crippen molar-refractivity contribution in [1.29, 1.82) is 0 Å². The topological polar surface area (TPSA) is 249 Å². The molecular formula is C52H69N7O13. The minimum Gasteiger partial charge on any atom is -0.458 e. The molecule has 0 bridgehead atoms. The number of benzene rings is 1. The lowest BCUT2D eigenvalue weighted by atomic mass is 9.73. The third kappa shape index (κ3) is 12.6. The molecule has 3 aromatic rings. The number of aromatic nitrogens is 3. The zero-order valence-electron chi connectivity index (χ0n) is 42.8. The molecule has 0 spiro atoms. The van der Waals surface area contributed by atoms with E-state index in [1.54, 1.807) is 78.2 Å². The van der Waals surface area contributed by atoms with Crippen LogP contribution in [0.25, 0.3) is 17.5 Å². The molecule has 3 aliphatic heterocycles. The molecule has 3 aliphatic rings. The molecule has 0 unspecified atom stereocenters. The lowest BCUT2D eigenvalue weighted by Crippen LogP contribution is -2.61. The van der Waals surface area contributed by atoms with E-state index in [9.17, 15) is 29.1 Å². The second-order valence-electron chi connectivity index (χ2n) is 19.5. The van der Waals surface area contributed by atoms with Gasteiger partial charge in [0.2, 0.25) is 0 Å². The number of esters is 2. The molecule has 14 atom stereocenters. The number of nitrogens with one attached hydrogen (secondary N) is 2. The summed E-state index contributed by atoms with van der Waals surface area (Å²) in [5, 5.41) is 21.5. The second-order valence-corrected chi connectivity index (χ2v) is 19.5. The summed E-state index contributed by atoms with van der Waals surface area (Å²) in [5.74, 6) is -5.90.